The molecular weight excluding hydrogens is 272 g/mol. The van der Waals surface area contributed by atoms with E-state index in [0.29, 0.717) is 6.04 Å². The fourth-order valence-corrected chi connectivity index (χ4v) is 3.43. The number of ether oxygens (including phenoxy) is 1. The maximum atomic E-state index is 5.34. The molecule has 112 valence electrons. The zero-order valence-electron chi connectivity index (χ0n) is 12.2. The van der Waals surface area contributed by atoms with Crippen LogP contribution in [0.15, 0.2) is 18.2 Å². The smallest absolute Gasteiger partial charge is 0.119 e. The van der Waals surface area contributed by atoms with Crippen LogP contribution in [0, 0.1) is 5.92 Å². The van der Waals surface area contributed by atoms with Crippen LogP contribution in [-0.4, -0.2) is 26.7 Å². The van der Waals surface area contributed by atoms with Gasteiger partial charge in [-0.1, -0.05) is 6.07 Å². The molecule has 20 heavy (non-hydrogen) atoms. The Bertz CT molecular complexity index is 432. The molecule has 2 heterocycles. The maximum Gasteiger partial charge on any atom is 0.119 e. The second kappa shape index (κ2) is 7.30. The molecule has 0 radical (unpaired) electrons. The summed E-state index contributed by atoms with van der Waals surface area (Å²) in [5.41, 5.74) is 2.95. The molecule has 0 amide bonds. The van der Waals surface area contributed by atoms with Gasteiger partial charge in [0.2, 0.25) is 0 Å². The van der Waals surface area contributed by atoms with Crippen LogP contribution in [-0.2, 0) is 6.42 Å². The van der Waals surface area contributed by atoms with Gasteiger partial charge in [-0.2, -0.15) is 0 Å². The predicted molar refractivity (Wildman–Crippen MR) is 84.9 cm³/mol. The van der Waals surface area contributed by atoms with Crippen molar-refractivity contribution in [1.29, 1.82) is 0 Å². The number of fused-ring (bicyclic) bond motifs is 1. The minimum atomic E-state index is 0. The molecule has 4 heteroatoms. The summed E-state index contributed by atoms with van der Waals surface area (Å²) in [5.74, 6) is 1.80. The Morgan fingerprint density at radius 3 is 2.95 bits per heavy atom. The first-order valence-corrected chi connectivity index (χ1v) is 7.47. The Hall–Kier alpha value is -0.770. The number of piperidine rings is 1. The van der Waals surface area contributed by atoms with Crippen LogP contribution in [0.4, 0.5) is 0 Å². The van der Waals surface area contributed by atoms with E-state index in [1.807, 2.05) is 0 Å². The highest BCUT2D eigenvalue weighted by molar-refractivity contribution is 5.85. The topological polar surface area (TPSA) is 33.3 Å². The van der Waals surface area contributed by atoms with E-state index < -0.39 is 0 Å². The fourth-order valence-electron chi connectivity index (χ4n) is 3.43. The van der Waals surface area contributed by atoms with E-state index >= 15 is 0 Å². The summed E-state index contributed by atoms with van der Waals surface area (Å²) >= 11 is 0. The van der Waals surface area contributed by atoms with Crippen LogP contribution in [0.5, 0.6) is 5.75 Å². The van der Waals surface area contributed by atoms with Crippen molar-refractivity contribution in [2.75, 3.05) is 26.7 Å². The van der Waals surface area contributed by atoms with Crippen LogP contribution >= 0.6 is 12.4 Å². The Balaban J connectivity index is 0.00000147. The fraction of sp³-hybridized carbons (Fsp3) is 0.625. The van der Waals surface area contributed by atoms with Gasteiger partial charge in [-0.15, -0.1) is 12.4 Å². The van der Waals surface area contributed by atoms with Crippen molar-refractivity contribution in [2.45, 2.75) is 31.7 Å². The SMILES string of the molecule is COc1ccc2c(c1)CCNC2CC1CCCNC1.Cl. The molecule has 2 atom stereocenters. The molecule has 1 aromatic carbocycles. The van der Waals surface area contributed by atoms with Crippen LogP contribution in [0.2, 0.25) is 0 Å². The third kappa shape index (κ3) is 3.46. The Morgan fingerprint density at radius 1 is 1.30 bits per heavy atom. The lowest BCUT2D eigenvalue weighted by molar-refractivity contribution is 0.310. The van der Waals surface area contributed by atoms with Gasteiger partial charge in [-0.05, 0) is 74.5 Å². The molecule has 0 saturated carbocycles. The van der Waals surface area contributed by atoms with E-state index in [9.17, 15) is 0 Å². The number of halogens is 1. The number of benzene rings is 1. The molecule has 3 rings (SSSR count). The van der Waals surface area contributed by atoms with Crippen molar-refractivity contribution < 1.29 is 4.74 Å². The largest absolute Gasteiger partial charge is 0.497 e. The summed E-state index contributed by atoms with van der Waals surface area (Å²) in [7, 11) is 1.74. The number of methoxy groups -OCH3 is 1. The van der Waals surface area contributed by atoms with E-state index in [1.165, 1.54) is 43.5 Å². The van der Waals surface area contributed by atoms with Crippen LogP contribution in [0.1, 0.15) is 36.4 Å². The summed E-state index contributed by atoms with van der Waals surface area (Å²) in [5, 5.41) is 7.21. The van der Waals surface area contributed by atoms with E-state index in [2.05, 4.69) is 28.8 Å². The molecule has 3 nitrogen and oxygen atoms in total. The second-order valence-corrected chi connectivity index (χ2v) is 5.77. The number of hydrogen-bond donors (Lipinski definition) is 2. The molecule has 2 aliphatic heterocycles. The van der Waals surface area contributed by atoms with E-state index in [4.69, 9.17) is 4.74 Å². The van der Waals surface area contributed by atoms with Gasteiger partial charge >= 0.3 is 0 Å². The van der Waals surface area contributed by atoms with E-state index in [-0.39, 0.29) is 12.4 Å². The quantitative estimate of drug-likeness (QED) is 0.900. The van der Waals surface area contributed by atoms with Crippen molar-refractivity contribution in [3.63, 3.8) is 0 Å². The van der Waals surface area contributed by atoms with Crippen LogP contribution in [0.25, 0.3) is 0 Å². The van der Waals surface area contributed by atoms with Gasteiger partial charge in [0.15, 0.2) is 0 Å². The average molecular weight is 297 g/mol. The molecule has 0 bridgehead atoms. The lowest BCUT2D eigenvalue weighted by Gasteiger charge is -2.32. The summed E-state index contributed by atoms with van der Waals surface area (Å²) in [4.78, 5) is 0. The molecule has 2 N–H and O–H groups in total. The van der Waals surface area contributed by atoms with Crippen molar-refractivity contribution in [3.8, 4) is 5.75 Å². The minimum Gasteiger partial charge on any atom is -0.497 e. The first-order chi connectivity index (χ1) is 9.36. The summed E-state index contributed by atoms with van der Waals surface area (Å²) in [6, 6.07) is 7.08. The van der Waals surface area contributed by atoms with Gasteiger partial charge in [-0.3, -0.25) is 0 Å². The van der Waals surface area contributed by atoms with Gasteiger partial charge in [0.1, 0.15) is 5.75 Å². The Kier molecular flexibility index (Phi) is 5.70. The summed E-state index contributed by atoms with van der Waals surface area (Å²) in [6.45, 7) is 3.47. The molecule has 0 aliphatic carbocycles. The summed E-state index contributed by atoms with van der Waals surface area (Å²) < 4.78 is 5.34. The Morgan fingerprint density at radius 2 is 2.20 bits per heavy atom. The molecule has 0 aromatic heterocycles. The van der Waals surface area contributed by atoms with Crippen molar-refractivity contribution in [3.05, 3.63) is 29.3 Å². The highest BCUT2D eigenvalue weighted by atomic mass is 35.5. The monoisotopic (exact) mass is 296 g/mol. The third-order valence-corrected chi connectivity index (χ3v) is 4.48. The lowest BCUT2D eigenvalue weighted by atomic mass is 9.85. The minimum absolute atomic E-state index is 0. The van der Waals surface area contributed by atoms with Gasteiger partial charge < -0.3 is 15.4 Å². The second-order valence-electron chi connectivity index (χ2n) is 5.77. The number of rotatable bonds is 3. The van der Waals surface area contributed by atoms with E-state index in [1.54, 1.807) is 7.11 Å². The zero-order chi connectivity index (χ0) is 13.1. The van der Waals surface area contributed by atoms with Gasteiger partial charge in [0.25, 0.3) is 0 Å². The van der Waals surface area contributed by atoms with Gasteiger partial charge in [0.05, 0.1) is 7.11 Å². The van der Waals surface area contributed by atoms with E-state index in [0.717, 1.165) is 24.6 Å². The number of nitrogens with one attached hydrogen (secondary N) is 2. The van der Waals surface area contributed by atoms with Crippen molar-refractivity contribution in [1.82, 2.24) is 10.6 Å². The van der Waals surface area contributed by atoms with Crippen molar-refractivity contribution in [2.24, 2.45) is 5.92 Å². The molecular formula is C16H25ClN2O. The molecule has 1 aromatic rings. The highest BCUT2D eigenvalue weighted by Crippen LogP contribution is 2.32. The molecule has 2 unspecified atom stereocenters. The molecule has 0 spiro atoms. The number of hydrogen-bond acceptors (Lipinski definition) is 3. The molecule has 1 fully saturated rings. The lowest BCUT2D eigenvalue weighted by Crippen LogP contribution is -2.35. The maximum absolute atomic E-state index is 5.34. The third-order valence-electron chi connectivity index (χ3n) is 4.48. The van der Waals surface area contributed by atoms with Gasteiger partial charge in [0, 0.05) is 6.04 Å². The Labute approximate surface area is 127 Å². The van der Waals surface area contributed by atoms with Gasteiger partial charge in [-0.25, -0.2) is 0 Å². The first kappa shape index (κ1) is 15.6. The summed E-state index contributed by atoms with van der Waals surface area (Å²) in [6.07, 6.45) is 5.07. The van der Waals surface area contributed by atoms with Crippen molar-refractivity contribution >= 4 is 12.4 Å². The predicted octanol–water partition coefficient (Wildman–Crippen LogP) is 2.69. The normalized spacial score (nSPS) is 25.4. The van der Waals surface area contributed by atoms with Crippen LogP contribution < -0.4 is 15.4 Å². The average Bonchev–Trinajstić information content (AvgIpc) is 2.48. The molecule has 2 aliphatic rings. The standard InChI is InChI=1S/C16H24N2O.ClH/c1-19-14-4-5-15-13(10-14)6-8-18-16(15)9-12-3-2-7-17-11-12;/h4-5,10,12,16-18H,2-3,6-9,11H2,1H3;1H. The highest BCUT2D eigenvalue weighted by Gasteiger charge is 2.24. The van der Waals surface area contributed by atoms with Crippen LogP contribution in [0.3, 0.4) is 0 Å². The first-order valence-electron chi connectivity index (χ1n) is 7.47. The zero-order valence-corrected chi connectivity index (χ0v) is 13.0. The molecule has 1 saturated heterocycles.